The van der Waals surface area contributed by atoms with Gasteiger partial charge in [0.15, 0.2) is 9.84 Å². The summed E-state index contributed by atoms with van der Waals surface area (Å²) in [5.41, 5.74) is 0. The molecule has 1 saturated heterocycles. The Morgan fingerprint density at radius 3 is 2.90 bits per heavy atom. The maximum absolute atomic E-state index is 11.7. The standard InChI is InChI=1S/C13H19NO5S/c1-9(11-5-6-12(19-11)13(15)18-2)14-8-10-4-3-7-20(10,16)17/h5-6,9-10,14H,3-4,7-8H2,1-2H3. The summed E-state index contributed by atoms with van der Waals surface area (Å²) >= 11 is 0. The molecule has 2 unspecified atom stereocenters. The molecule has 1 aromatic heterocycles. The Balaban J connectivity index is 1.93. The smallest absolute Gasteiger partial charge is 0.373 e. The summed E-state index contributed by atoms with van der Waals surface area (Å²) in [7, 11) is -1.66. The Morgan fingerprint density at radius 2 is 2.30 bits per heavy atom. The molecule has 0 aromatic carbocycles. The van der Waals surface area contributed by atoms with Crippen LogP contribution in [0.25, 0.3) is 0 Å². The number of carbonyl (C=O) groups excluding carboxylic acids is 1. The quantitative estimate of drug-likeness (QED) is 0.825. The zero-order valence-electron chi connectivity index (χ0n) is 11.6. The number of methoxy groups -OCH3 is 1. The summed E-state index contributed by atoms with van der Waals surface area (Å²) in [5.74, 6) is 0.480. The van der Waals surface area contributed by atoms with Crippen molar-refractivity contribution in [1.82, 2.24) is 5.32 Å². The lowest BCUT2D eigenvalue weighted by Crippen LogP contribution is -2.32. The van der Waals surface area contributed by atoms with E-state index in [1.54, 1.807) is 12.1 Å². The SMILES string of the molecule is COC(=O)c1ccc(C(C)NCC2CCCS2(=O)=O)o1. The van der Waals surface area contributed by atoms with E-state index in [9.17, 15) is 13.2 Å². The minimum atomic E-state index is -2.94. The van der Waals surface area contributed by atoms with Crippen molar-refractivity contribution >= 4 is 15.8 Å². The van der Waals surface area contributed by atoms with Crippen molar-refractivity contribution in [3.63, 3.8) is 0 Å². The second-order valence-corrected chi connectivity index (χ2v) is 7.36. The fourth-order valence-electron chi connectivity index (χ4n) is 2.29. The average molecular weight is 301 g/mol. The number of hydrogen-bond acceptors (Lipinski definition) is 6. The third-order valence-corrected chi connectivity index (χ3v) is 5.83. The maximum Gasteiger partial charge on any atom is 0.373 e. The van der Waals surface area contributed by atoms with E-state index >= 15 is 0 Å². The molecule has 2 heterocycles. The summed E-state index contributed by atoms with van der Waals surface area (Å²) in [4.78, 5) is 11.3. The highest BCUT2D eigenvalue weighted by atomic mass is 32.2. The Labute approximate surface area is 118 Å². The number of sulfone groups is 1. The first-order chi connectivity index (χ1) is 9.44. The molecule has 1 aliphatic heterocycles. The van der Waals surface area contributed by atoms with Crippen molar-refractivity contribution in [3.05, 3.63) is 23.7 Å². The van der Waals surface area contributed by atoms with Crippen LogP contribution in [0.4, 0.5) is 0 Å². The number of hydrogen-bond donors (Lipinski definition) is 1. The maximum atomic E-state index is 11.7. The third-order valence-electron chi connectivity index (χ3n) is 3.55. The molecule has 1 fully saturated rings. The summed E-state index contributed by atoms with van der Waals surface area (Å²) in [6.07, 6.45) is 1.43. The zero-order valence-corrected chi connectivity index (χ0v) is 12.4. The van der Waals surface area contributed by atoms with Gasteiger partial charge in [0.1, 0.15) is 5.76 Å². The highest BCUT2D eigenvalue weighted by Crippen LogP contribution is 2.21. The summed E-state index contributed by atoms with van der Waals surface area (Å²) in [6, 6.07) is 3.07. The summed E-state index contributed by atoms with van der Waals surface area (Å²) in [6.45, 7) is 2.26. The highest BCUT2D eigenvalue weighted by molar-refractivity contribution is 7.92. The van der Waals surface area contributed by atoms with Gasteiger partial charge < -0.3 is 14.5 Å². The first-order valence-electron chi connectivity index (χ1n) is 6.57. The van der Waals surface area contributed by atoms with Gasteiger partial charge in [0.25, 0.3) is 0 Å². The largest absolute Gasteiger partial charge is 0.463 e. The topological polar surface area (TPSA) is 85.6 Å². The van der Waals surface area contributed by atoms with Crippen LogP contribution in [-0.4, -0.2) is 39.0 Å². The molecule has 112 valence electrons. The molecule has 0 spiro atoms. The molecule has 0 bridgehead atoms. The van der Waals surface area contributed by atoms with Gasteiger partial charge in [-0.2, -0.15) is 0 Å². The predicted octanol–water partition coefficient (Wildman–Crippen LogP) is 1.29. The molecule has 2 atom stereocenters. The van der Waals surface area contributed by atoms with Gasteiger partial charge >= 0.3 is 5.97 Å². The molecule has 2 rings (SSSR count). The van der Waals surface area contributed by atoms with Crippen molar-refractivity contribution in [1.29, 1.82) is 0 Å². The van der Waals surface area contributed by atoms with Gasteiger partial charge in [-0.3, -0.25) is 0 Å². The third kappa shape index (κ3) is 3.21. The molecule has 0 saturated carbocycles. The Morgan fingerprint density at radius 1 is 1.55 bits per heavy atom. The van der Waals surface area contributed by atoms with Crippen LogP contribution in [-0.2, 0) is 14.6 Å². The van der Waals surface area contributed by atoms with Crippen molar-refractivity contribution < 1.29 is 22.4 Å². The van der Waals surface area contributed by atoms with Gasteiger partial charge in [-0.15, -0.1) is 0 Å². The van der Waals surface area contributed by atoms with E-state index in [4.69, 9.17) is 4.42 Å². The molecule has 7 heteroatoms. The van der Waals surface area contributed by atoms with Crippen molar-refractivity contribution in [2.24, 2.45) is 0 Å². The molecular weight excluding hydrogens is 282 g/mol. The van der Waals surface area contributed by atoms with E-state index in [1.165, 1.54) is 7.11 Å². The molecular formula is C13H19NO5S. The second-order valence-electron chi connectivity index (χ2n) is 4.95. The average Bonchev–Trinajstić information content (AvgIpc) is 3.01. The summed E-state index contributed by atoms with van der Waals surface area (Å²) < 4.78 is 33.4. The molecule has 6 nitrogen and oxygen atoms in total. The molecule has 0 aliphatic carbocycles. The van der Waals surface area contributed by atoms with Gasteiger partial charge in [-0.05, 0) is 31.9 Å². The van der Waals surface area contributed by atoms with Crippen LogP contribution in [0.1, 0.15) is 42.1 Å². The van der Waals surface area contributed by atoms with E-state index in [-0.39, 0.29) is 22.8 Å². The normalized spacial score (nSPS) is 22.6. The van der Waals surface area contributed by atoms with Crippen LogP contribution in [0.15, 0.2) is 16.5 Å². The summed E-state index contributed by atoms with van der Waals surface area (Å²) in [5, 5.41) is 2.82. The Bertz CT molecular complexity index is 577. The lowest BCUT2D eigenvalue weighted by atomic mass is 10.2. The lowest BCUT2D eigenvalue weighted by Gasteiger charge is -2.15. The predicted molar refractivity (Wildman–Crippen MR) is 73.3 cm³/mol. The van der Waals surface area contributed by atoms with Crippen LogP contribution in [0.5, 0.6) is 0 Å². The minimum absolute atomic E-state index is 0.143. The van der Waals surface area contributed by atoms with Gasteiger partial charge in [0.2, 0.25) is 5.76 Å². The Hall–Kier alpha value is -1.34. The van der Waals surface area contributed by atoms with Crippen molar-refractivity contribution in [2.75, 3.05) is 19.4 Å². The zero-order chi connectivity index (χ0) is 14.8. The first kappa shape index (κ1) is 15.1. The van der Waals surface area contributed by atoms with E-state index in [2.05, 4.69) is 10.1 Å². The van der Waals surface area contributed by atoms with Crippen LogP contribution >= 0.6 is 0 Å². The fraction of sp³-hybridized carbons (Fsp3) is 0.615. The van der Waals surface area contributed by atoms with E-state index in [0.717, 1.165) is 6.42 Å². The number of nitrogens with one attached hydrogen (secondary N) is 1. The van der Waals surface area contributed by atoms with Crippen LogP contribution in [0, 0.1) is 0 Å². The van der Waals surface area contributed by atoms with Crippen molar-refractivity contribution in [3.8, 4) is 0 Å². The van der Waals surface area contributed by atoms with Gasteiger partial charge in [-0.1, -0.05) is 0 Å². The lowest BCUT2D eigenvalue weighted by molar-refractivity contribution is 0.0562. The number of rotatable bonds is 5. The molecule has 0 amide bonds. The number of carbonyl (C=O) groups is 1. The Kier molecular flexibility index (Phi) is 4.49. The molecule has 1 aromatic rings. The fourth-order valence-corrected chi connectivity index (χ4v) is 4.07. The van der Waals surface area contributed by atoms with Crippen LogP contribution in [0.3, 0.4) is 0 Å². The highest BCUT2D eigenvalue weighted by Gasteiger charge is 2.31. The number of esters is 1. The van der Waals surface area contributed by atoms with E-state index in [0.29, 0.717) is 18.7 Å². The monoisotopic (exact) mass is 301 g/mol. The number of ether oxygens (including phenoxy) is 1. The van der Waals surface area contributed by atoms with Crippen LogP contribution in [0.2, 0.25) is 0 Å². The van der Waals surface area contributed by atoms with Gasteiger partial charge in [0, 0.05) is 6.54 Å². The number of furan rings is 1. The molecule has 20 heavy (non-hydrogen) atoms. The van der Waals surface area contributed by atoms with Crippen molar-refractivity contribution in [2.45, 2.75) is 31.1 Å². The molecule has 1 N–H and O–H groups in total. The van der Waals surface area contributed by atoms with E-state index in [1.807, 2.05) is 6.92 Å². The second kappa shape index (κ2) is 5.97. The molecule has 0 radical (unpaired) electrons. The van der Waals surface area contributed by atoms with Gasteiger partial charge in [0.05, 0.1) is 24.2 Å². The first-order valence-corrected chi connectivity index (χ1v) is 8.28. The van der Waals surface area contributed by atoms with E-state index < -0.39 is 15.8 Å². The van der Waals surface area contributed by atoms with Crippen LogP contribution < -0.4 is 5.32 Å². The van der Waals surface area contributed by atoms with Gasteiger partial charge in [-0.25, -0.2) is 13.2 Å². The minimum Gasteiger partial charge on any atom is -0.463 e. The molecule has 1 aliphatic rings.